The highest BCUT2D eigenvalue weighted by atomic mass is 79.9. The number of hydrogen-bond donors (Lipinski definition) is 1. The van der Waals surface area contributed by atoms with Crippen LogP contribution < -0.4 is 10.1 Å². The van der Waals surface area contributed by atoms with Crippen LogP contribution in [-0.2, 0) is 7.05 Å². The van der Waals surface area contributed by atoms with Gasteiger partial charge in [-0.15, -0.1) is 11.3 Å². The molecule has 0 bridgehead atoms. The average Bonchev–Trinajstić information content (AvgIpc) is 2.98. The third kappa shape index (κ3) is 3.19. The summed E-state index contributed by atoms with van der Waals surface area (Å²) in [7, 11) is 3.63. The van der Waals surface area contributed by atoms with Gasteiger partial charge in [-0.2, -0.15) is 5.10 Å². The molecule has 0 aliphatic carbocycles. The summed E-state index contributed by atoms with van der Waals surface area (Å²) in [5.41, 5.74) is 1.06. The molecular formula is C13H18BrN3OS. The summed E-state index contributed by atoms with van der Waals surface area (Å²) in [6.07, 6.45) is 2.85. The van der Waals surface area contributed by atoms with Crippen molar-refractivity contribution in [2.24, 2.45) is 7.05 Å². The van der Waals surface area contributed by atoms with E-state index in [1.54, 1.807) is 24.6 Å². The van der Waals surface area contributed by atoms with E-state index in [1.807, 2.05) is 11.7 Å². The monoisotopic (exact) mass is 343 g/mol. The molecule has 2 aromatic heterocycles. The lowest BCUT2D eigenvalue weighted by atomic mass is 10.1. The third-order valence-electron chi connectivity index (χ3n) is 2.91. The first-order chi connectivity index (χ1) is 9.17. The summed E-state index contributed by atoms with van der Waals surface area (Å²) in [5.74, 6) is 0.820. The fourth-order valence-corrected chi connectivity index (χ4v) is 3.53. The number of methoxy groups -OCH3 is 1. The fourth-order valence-electron chi connectivity index (χ4n) is 2.01. The van der Waals surface area contributed by atoms with Gasteiger partial charge >= 0.3 is 0 Å². The molecule has 2 rings (SSSR count). The summed E-state index contributed by atoms with van der Waals surface area (Å²) in [6, 6.07) is 2.25. The van der Waals surface area contributed by atoms with Crippen molar-refractivity contribution in [3.8, 4) is 5.75 Å². The van der Waals surface area contributed by atoms with Crippen molar-refractivity contribution in [1.29, 1.82) is 0 Å². The first kappa shape index (κ1) is 14.6. The zero-order chi connectivity index (χ0) is 13.8. The van der Waals surface area contributed by atoms with Gasteiger partial charge in [-0.1, -0.05) is 6.92 Å². The molecule has 1 atom stereocenters. The van der Waals surface area contributed by atoms with Crippen LogP contribution in [0.2, 0.25) is 0 Å². The summed E-state index contributed by atoms with van der Waals surface area (Å²) < 4.78 is 8.41. The molecule has 2 aromatic rings. The largest absolute Gasteiger partial charge is 0.493 e. The Hall–Kier alpha value is -0.850. The van der Waals surface area contributed by atoms with E-state index < -0.39 is 0 Å². The van der Waals surface area contributed by atoms with Crippen LogP contribution >= 0.6 is 27.3 Å². The Balaban J connectivity index is 2.39. The number of hydrogen-bond acceptors (Lipinski definition) is 4. The van der Waals surface area contributed by atoms with Crippen LogP contribution in [-0.4, -0.2) is 23.4 Å². The molecule has 0 aliphatic rings. The number of halogens is 1. The molecule has 0 saturated carbocycles. The highest BCUT2D eigenvalue weighted by Gasteiger charge is 2.23. The molecule has 19 heavy (non-hydrogen) atoms. The Morgan fingerprint density at radius 2 is 2.37 bits per heavy atom. The van der Waals surface area contributed by atoms with E-state index in [4.69, 9.17) is 4.74 Å². The van der Waals surface area contributed by atoms with Crippen LogP contribution in [0.5, 0.6) is 5.75 Å². The second-order valence-electron chi connectivity index (χ2n) is 4.28. The molecule has 0 aliphatic heterocycles. The Morgan fingerprint density at radius 1 is 1.58 bits per heavy atom. The molecule has 0 fully saturated rings. The standard InChI is InChI=1S/C13H18BrN3OS/c1-4-5-15-12(11-6-9(14)8-19-11)13-10(18-3)7-16-17(13)2/h6-8,12,15H,4-5H2,1-3H3. The van der Waals surface area contributed by atoms with Crippen molar-refractivity contribution in [1.82, 2.24) is 15.1 Å². The maximum absolute atomic E-state index is 5.42. The molecule has 6 heteroatoms. The van der Waals surface area contributed by atoms with Gasteiger partial charge in [0, 0.05) is 21.8 Å². The van der Waals surface area contributed by atoms with Gasteiger partial charge in [-0.05, 0) is 35.0 Å². The minimum Gasteiger partial charge on any atom is -0.493 e. The maximum atomic E-state index is 5.42. The predicted molar refractivity (Wildman–Crippen MR) is 81.9 cm³/mol. The Labute approximate surface area is 125 Å². The molecular weight excluding hydrogens is 326 g/mol. The van der Waals surface area contributed by atoms with Crippen LogP contribution in [0, 0.1) is 0 Å². The molecule has 1 unspecified atom stereocenters. The van der Waals surface area contributed by atoms with Crippen LogP contribution in [0.3, 0.4) is 0 Å². The number of thiophene rings is 1. The summed E-state index contributed by atoms with van der Waals surface area (Å²) >= 11 is 5.24. The van der Waals surface area contributed by atoms with E-state index in [0.29, 0.717) is 0 Å². The molecule has 2 heterocycles. The number of nitrogens with zero attached hydrogens (tertiary/aromatic N) is 2. The van der Waals surface area contributed by atoms with Crippen LogP contribution in [0.15, 0.2) is 22.1 Å². The molecule has 0 aromatic carbocycles. The highest BCUT2D eigenvalue weighted by Crippen LogP contribution is 2.34. The van der Waals surface area contributed by atoms with Gasteiger partial charge in [-0.3, -0.25) is 4.68 Å². The second kappa shape index (κ2) is 6.54. The molecule has 0 spiro atoms. The lowest BCUT2D eigenvalue weighted by Gasteiger charge is -2.18. The van der Waals surface area contributed by atoms with E-state index in [0.717, 1.165) is 28.9 Å². The Kier molecular flexibility index (Phi) is 5.01. The van der Waals surface area contributed by atoms with Gasteiger partial charge in [0.05, 0.1) is 19.3 Å². The first-order valence-electron chi connectivity index (χ1n) is 6.20. The zero-order valence-electron chi connectivity index (χ0n) is 11.3. The number of aryl methyl sites for hydroxylation is 1. The molecule has 1 N–H and O–H groups in total. The SMILES string of the molecule is CCCNC(c1cc(Br)cs1)c1c(OC)cnn1C. The fraction of sp³-hybridized carbons (Fsp3) is 0.462. The topological polar surface area (TPSA) is 39.1 Å². The van der Waals surface area contributed by atoms with E-state index in [2.05, 4.69) is 44.7 Å². The van der Waals surface area contributed by atoms with Crippen molar-refractivity contribution in [2.75, 3.05) is 13.7 Å². The van der Waals surface area contributed by atoms with Crippen molar-refractivity contribution in [2.45, 2.75) is 19.4 Å². The van der Waals surface area contributed by atoms with Crippen molar-refractivity contribution in [3.05, 3.63) is 32.7 Å². The lowest BCUT2D eigenvalue weighted by Crippen LogP contribution is -2.25. The smallest absolute Gasteiger partial charge is 0.161 e. The third-order valence-corrected chi connectivity index (χ3v) is 4.67. The van der Waals surface area contributed by atoms with Gasteiger partial charge < -0.3 is 10.1 Å². The number of aromatic nitrogens is 2. The quantitative estimate of drug-likeness (QED) is 0.874. The molecule has 0 amide bonds. The van der Waals surface area contributed by atoms with E-state index in [9.17, 15) is 0 Å². The second-order valence-corrected chi connectivity index (χ2v) is 6.13. The van der Waals surface area contributed by atoms with Crippen molar-refractivity contribution >= 4 is 27.3 Å². The van der Waals surface area contributed by atoms with Gasteiger partial charge in [0.15, 0.2) is 5.75 Å². The van der Waals surface area contributed by atoms with Gasteiger partial charge in [0.2, 0.25) is 0 Å². The molecule has 4 nitrogen and oxygen atoms in total. The van der Waals surface area contributed by atoms with Crippen LogP contribution in [0.25, 0.3) is 0 Å². The summed E-state index contributed by atoms with van der Waals surface area (Å²) in [5, 5.41) is 9.96. The van der Waals surface area contributed by atoms with Crippen LogP contribution in [0.1, 0.15) is 30.0 Å². The van der Waals surface area contributed by atoms with Crippen LogP contribution in [0.4, 0.5) is 0 Å². The Bertz CT molecular complexity index is 538. The lowest BCUT2D eigenvalue weighted by molar-refractivity contribution is 0.401. The number of ether oxygens (including phenoxy) is 1. The molecule has 104 valence electrons. The van der Waals surface area contributed by atoms with E-state index in [-0.39, 0.29) is 6.04 Å². The minimum atomic E-state index is 0.110. The molecule has 0 saturated heterocycles. The van der Waals surface area contributed by atoms with Crippen molar-refractivity contribution < 1.29 is 4.74 Å². The minimum absolute atomic E-state index is 0.110. The number of rotatable bonds is 6. The number of nitrogens with one attached hydrogen (secondary N) is 1. The average molecular weight is 344 g/mol. The first-order valence-corrected chi connectivity index (χ1v) is 7.87. The summed E-state index contributed by atoms with van der Waals surface area (Å²) in [6.45, 7) is 3.11. The highest BCUT2D eigenvalue weighted by molar-refractivity contribution is 9.10. The van der Waals surface area contributed by atoms with E-state index in [1.165, 1.54) is 4.88 Å². The normalized spacial score (nSPS) is 12.6. The Morgan fingerprint density at radius 3 is 2.95 bits per heavy atom. The summed E-state index contributed by atoms with van der Waals surface area (Å²) in [4.78, 5) is 1.25. The van der Waals surface area contributed by atoms with Gasteiger partial charge in [-0.25, -0.2) is 0 Å². The predicted octanol–water partition coefficient (Wildman–Crippen LogP) is 3.34. The van der Waals surface area contributed by atoms with Gasteiger partial charge in [0.1, 0.15) is 5.69 Å². The maximum Gasteiger partial charge on any atom is 0.161 e. The van der Waals surface area contributed by atoms with E-state index >= 15 is 0 Å². The zero-order valence-corrected chi connectivity index (χ0v) is 13.7. The van der Waals surface area contributed by atoms with Crippen molar-refractivity contribution in [3.63, 3.8) is 0 Å². The molecule has 0 radical (unpaired) electrons. The van der Waals surface area contributed by atoms with Gasteiger partial charge in [0.25, 0.3) is 0 Å².